The smallest absolute Gasteiger partial charge is 0.265 e. The Hall–Kier alpha value is -2.04. The molecule has 0 bridgehead atoms. The van der Waals surface area contributed by atoms with Crippen molar-refractivity contribution < 1.29 is 14.3 Å². The Balaban J connectivity index is 2.30. The lowest BCUT2D eigenvalue weighted by molar-refractivity contribution is -0.123. The van der Waals surface area contributed by atoms with E-state index >= 15 is 0 Å². The van der Waals surface area contributed by atoms with Crippen LogP contribution >= 0.6 is 0 Å². The van der Waals surface area contributed by atoms with Crippen LogP contribution in [0.3, 0.4) is 0 Å². The monoisotopic (exact) mass is 304 g/mol. The number of benzene rings is 1. The van der Waals surface area contributed by atoms with E-state index in [0.717, 1.165) is 5.69 Å². The summed E-state index contributed by atoms with van der Waals surface area (Å²) in [5.41, 5.74) is 0.919. The molecule has 2 amide bonds. The van der Waals surface area contributed by atoms with Crippen LogP contribution in [0, 0.1) is 11.3 Å². The fourth-order valence-corrected chi connectivity index (χ4v) is 2.16. The maximum absolute atomic E-state index is 12.1. The van der Waals surface area contributed by atoms with E-state index in [1.807, 2.05) is 20.8 Å². The number of carbonyl (C=O) groups excluding carboxylic acids is 2. The van der Waals surface area contributed by atoms with Crippen LogP contribution in [0.5, 0.6) is 5.75 Å². The summed E-state index contributed by atoms with van der Waals surface area (Å²) in [5, 5.41) is 2.89. The number of fused-ring (bicyclic) bond motifs is 1. The summed E-state index contributed by atoms with van der Waals surface area (Å²) in [6.07, 6.45) is 0. The number of hydrogen-bond donors (Lipinski definition) is 1. The van der Waals surface area contributed by atoms with E-state index < -0.39 is 5.41 Å². The van der Waals surface area contributed by atoms with E-state index in [0.29, 0.717) is 23.9 Å². The second kappa shape index (κ2) is 5.99. The molecule has 1 heterocycles. The molecule has 1 aromatic rings. The summed E-state index contributed by atoms with van der Waals surface area (Å²) < 4.78 is 5.47. The van der Waals surface area contributed by atoms with Crippen LogP contribution in [0.15, 0.2) is 18.2 Å². The molecule has 1 aliphatic heterocycles. The summed E-state index contributed by atoms with van der Waals surface area (Å²) in [6.45, 7) is 10.4. The summed E-state index contributed by atoms with van der Waals surface area (Å²) in [5.74, 6) is 0.906. The highest BCUT2D eigenvalue weighted by Gasteiger charge is 2.27. The highest BCUT2D eigenvalue weighted by molar-refractivity contribution is 6.00. The van der Waals surface area contributed by atoms with Gasteiger partial charge in [0.2, 0.25) is 5.91 Å². The van der Waals surface area contributed by atoms with Crippen molar-refractivity contribution >= 4 is 23.2 Å². The van der Waals surface area contributed by atoms with Crippen molar-refractivity contribution in [2.75, 3.05) is 23.4 Å². The molecular formula is C17H24N2O3. The van der Waals surface area contributed by atoms with Crippen LogP contribution in [0.2, 0.25) is 0 Å². The number of nitrogens with one attached hydrogen (secondary N) is 1. The van der Waals surface area contributed by atoms with Crippen LogP contribution in [0.4, 0.5) is 11.4 Å². The minimum absolute atomic E-state index is 0.0551. The molecule has 1 N–H and O–H groups in total. The fourth-order valence-electron chi connectivity index (χ4n) is 2.16. The average molecular weight is 304 g/mol. The molecule has 0 saturated carbocycles. The molecule has 1 aliphatic rings. The lowest BCUT2D eigenvalue weighted by Crippen LogP contribution is -2.41. The number of ether oxygens (including phenoxy) is 1. The molecule has 0 aromatic heterocycles. The van der Waals surface area contributed by atoms with Gasteiger partial charge in [-0.2, -0.15) is 0 Å². The number of rotatable bonds is 3. The largest absolute Gasteiger partial charge is 0.482 e. The number of carbonyl (C=O) groups is 2. The topological polar surface area (TPSA) is 58.6 Å². The Morgan fingerprint density at radius 1 is 1.36 bits per heavy atom. The Morgan fingerprint density at radius 2 is 2.05 bits per heavy atom. The predicted octanol–water partition coefficient (Wildman–Crippen LogP) is 3.05. The summed E-state index contributed by atoms with van der Waals surface area (Å²) >= 11 is 0. The summed E-state index contributed by atoms with van der Waals surface area (Å²) in [7, 11) is 0. The molecule has 0 radical (unpaired) electrons. The molecule has 2 rings (SSSR count). The molecule has 0 aliphatic carbocycles. The minimum atomic E-state index is -0.472. The lowest BCUT2D eigenvalue weighted by Gasteiger charge is -2.31. The molecule has 5 nitrogen and oxygen atoms in total. The van der Waals surface area contributed by atoms with Crippen LogP contribution in [0.25, 0.3) is 0 Å². The molecule has 5 heteroatoms. The molecule has 0 atom stereocenters. The molecular weight excluding hydrogens is 280 g/mol. The predicted molar refractivity (Wildman–Crippen MR) is 87.2 cm³/mol. The third kappa shape index (κ3) is 3.59. The Labute approximate surface area is 131 Å². The van der Waals surface area contributed by atoms with Gasteiger partial charge in [0.05, 0.1) is 5.69 Å². The first-order valence-corrected chi connectivity index (χ1v) is 7.57. The van der Waals surface area contributed by atoms with E-state index in [1.165, 1.54) is 0 Å². The zero-order valence-corrected chi connectivity index (χ0v) is 13.9. The third-order valence-corrected chi connectivity index (χ3v) is 3.39. The fraction of sp³-hybridized carbons (Fsp3) is 0.529. The first-order chi connectivity index (χ1) is 10.2. The van der Waals surface area contributed by atoms with Gasteiger partial charge in [-0.1, -0.05) is 34.6 Å². The second-order valence-corrected chi connectivity index (χ2v) is 7.07. The van der Waals surface area contributed by atoms with Gasteiger partial charge < -0.3 is 15.0 Å². The normalized spacial score (nSPS) is 14.6. The van der Waals surface area contributed by atoms with Crippen LogP contribution in [-0.2, 0) is 9.59 Å². The van der Waals surface area contributed by atoms with Crippen molar-refractivity contribution in [3.05, 3.63) is 18.2 Å². The van der Waals surface area contributed by atoms with Gasteiger partial charge in [-0.15, -0.1) is 0 Å². The standard InChI is InChI=1S/C17H24N2O3/c1-11(2)9-19-13-8-12(18-16(21)17(3,4)5)6-7-14(13)22-10-15(19)20/h6-8,11H,9-10H2,1-5H3,(H,18,21). The Bertz CT molecular complexity index is 588. The third-order valence-electron chi connectivity index (χ3n) is 3.39. The van der Waals surface area contributed by atoms with Crippen molar-refractivity contribution in [3.8, 4) is 5.75 Å². The van der Waals surface area contributed by atoms with Crippen molar-refractivity contribution in [3.63, 3.8) is 0 Å². The number of nitrogens with zero attached hydrogens (tertiary/aromatic N) is 1. The van der Waals surface area contributed by atoms with E-state index in [1.54, 1.807) is 23.1 Å². The van der Waals surface area contributed by atoms with E-state index in [-0.39, 0.29) is 18.4 Å². The zero-order valence-electron chi connectivity index (χ0n) is 13.9. The van der Waals surface area contributed by atoms with Gasteiger partial charge in [0.15, 0.2) is 6.61 Å². The molecule has 22 heavy (non-hydrogen) atoms. The zero-order chi connectivity index (χ0) is 16.5. The van der Waals surface area contributed by atoms with E-state index in [9.17, 15) is 9.59 Å². The van der Waals surface area contributed by atoms with Gasteiger partial charge in [0, 0.05) is 17.6 Å². The van der Waals surface area contributed by atoms with Crippen LogP contribution < -0.4 is 15.0 Å². The quantitative estimate of drug-likeness (QED) is 0.933. The van der Waals surface area contributed by atoms with Gasteiger partial charge >= 0.3 is 0 Å². The maximum Gasteiger partial charge on any atom is 0.265 e. The van der Waals surface area contributed by atoms with Crippen molar-refractivity contribution in [2.24, 2.45) is 11.3 Å². The first kappa shape index (κ1) is 16.3. The number of anilines is 2. The highest BCUT2D eigenvalue weighted by atomic mass is 16.5. The van der Waals surface area contributed by atoms with Gasteiger partial charge in [-0.25, -0.2) is 0 Å². The van der Waals surface area contributed by atoms with Gasteiger partial charge in [-0.3, -0.25) is 9.59 Å². The minimum Gasteiger partial charge on any atom is -0.482 e. The van der Waals surface area contributed by atoms with Gasteiger partial charge in [0.25, 0.3) is 5.91 Å². The van der Waals surface area contributed by atoms with Crippen molar-refractivity contribution in [1.82, 2.24) is 0 Å². The molecule has 0 saturated heterocycles. The van der Waals surface area contributed by atoms with E-state index in [4.69, 9.17) is 4.74 Å². The summed E-state index contributed by atoms with van der Waals surface area (Å²) in [4.78, 5) is 25.9. The molecule has 1 aromatic carbocycles. The molecule has 0 unspecified atom stereocenters. The van der Waals surface area contributed by atoms with E-state index in [2.05, 4.69) is 19.2 Å². The molecule has 0 fully saturated rings. The van der Waals surface area contributed by atoms with Crippen LogP contribution in [0.1, 0.15) is 34.6 Å². The second-order valence-electron chi connectivity index (χ2n) is 7.07. The summed E-state index contributed by atoms with van der Waals surface area (Å²) in [6, 6.07) is 5.40. The van der Waals surface area contributed by atoms with Gasteiger partial charge in [0.1, 0.15) is 5.75 Å². The molecule has 120 valence electrons. The Morgan fingerprint density at radius 3 is 2.64 bits per heavy atom. The first-order valence-electron chi connectivity index (χ1n) is 7.57. The molecule has 0 spiro atoms. The van der Waals surface area contributed by atoms with Crippen molar-refractivity contribution in [2.45, 2.75) is 34.6 Å². The van der Waals surface area contributed by atoms with Crippen LogP contribution in [-0.4, -0.2) is 25.0 Å². The van der Waals surface area contributed by atoms with Crippen molar-refractivity contribution in [1.29, 1.82) is 0 Å². The highest BCUT2D eigenvalue weighted by Crippen LogP contribution is 2.35. The Kier molecular flexibility index (Phi) is 4.44. The number of amides is 2. The maximum atomic E-state index is 12.1. The van der Waals surface area contributed by atoms with Gasteiger partial charge in [-0.05, 0) is 24.1 Å². The lowest BCUT2D eigenvalue weighted by atomic mass is 9.95. The number of hydrogen-bond acceptors (Lipinski definition) is 3. The SMILES string of the molecule is CC(C)CN1C(=O)COc2ccc(NC(=O)C(C)(C)C)cc21. The average Bonchev–Trinajstić information content (AvgIpc) is 2.41.